The predicted octanol–water partition coefficient (Wildman–Crippen LogP) is 1.15. The molecule has 2 rings (SSSR count). The first kappa shape index (κ1) is 15.5. The van der Waals surface area contributed by atoms with Crippen molar-refractivity contribution >= 4 is 0 Å². The molecule has 0 fully saturated rings. The molecule has 0 saturated heterocycles. The van der Waals surface area contributed by atoms with Gasteiger partial charge in [0.25, 0.3) is 0 Å². The van der Waals surface area contributed by atoms with Gasteiger partial charge in [-0.05, 0) is 43.2 Å². The van der Waals surface area contributed by atoms with Gasteiger partial charge in [-0.3, -0.25) is 0 Å². The molecule has 0 aliphatic carbocycles. The van der Waals surface area contributed by atoms with Crippen molar-refractivity contribution in [3.63, 3.8) is 0 Å². The maximum atomic E-state index is 4.32. The van der Waals surface area contributed by atoms with E-state index in [1.165, 1.54) is 10.4 Å². The summed E-state index contributed by atoms with van der Waals surface area (Å²) in [5.74, 6) is 0.739. The van der Waals surface area contributed by atoms with Crippen LogP contribution in [0.5, 0.6) is 0 Å². The first-order valence-corrected chi connectivity index (χ1v) is 7.43. The van der Waals surface area contributed by atoms with E-state index in [0.29, 0.717) is 6.42 Å². The third-order valence-corrected chi connectivity index (χ3v) is 3.31. The summed E-state index contributed by atoms with van der Waals surface area (Å²) in [4.78, 5) is 1.49. The van der Waals surface area contributed by atoms with E-state index in [2.05, 4.69) is 50.8 Å². The van der Waals surface area contributed by atoms with Crippen LogP contribution in [0, 0.1) is 6.92 Å². The second-order valence-corrected chi connectivity index (χ2v) is 5.15. The number of tetrazole rings is 1. The van der Waals surface area contributed by atoms with Crippen LogP contribution in [0.2, 0.25) is 0 Å². The van der Waals surface area contributed by atoms with Gasteiger partial charge in [0, 0.05) is 12.5 Å². The average Bonchev–Trinajstić information content (AvgIpc) is 2.88. The molecule has 7 nitrogen and oxygen atoms in total. The largest absolute Gasteiger partial charge is 0.309 e. The lowest BCUT2D eigenvalue weighted by Crippen LogP contribution is -2.26. The topological polar surface area (TPSA) is 81.4 Å². The molecule has 0 amide bonds. The molecule has 21 heavy (non-hydrogen) atoms. The number of rotatable bonds is 7. The van der Waals surface area contributed by atoms with Crippen molar-refractivity contribution in [2.75, 3.05) is 6.54 Å². The highest BCUT2D eigenvalue weighted by molar-refractivity contribution is 5.25. The van der Waals surface area contributed by atoms with Crippen LogP contribution in [0.3, 0.4) is 0 Å². The zero-order chi connectivity index (χ0) is 15.2. The lowest BCUT2D eigenvalue weighted by atomic mass is 10.00. The maximum absolute atomic E-state index is 4.32. The first-order chi connectivity index (χ1) is 10.1. The second-order valence-electron chi connectivity index (χ2n) is 5.15. The summed E-state index contributed by atoms with van der Waals surface area (Å²) in [6.45, 7) is 7.16. The minimum absolute atomic E-state index is 0.137. The molecule has 0 aliphatic heterocycles. The SMILES string of the molecule is CCCNC(Cc1nnn(C)n1)c1cc(C)nnc1CC. The molecule has 0 saturated carbocycles. The van der Waals surface area contributed by atoms with Crippen molar-refractivity contribution in [3.8, 4) is 0 Å². The zero-order valence-electron chi connectivity index (χ0n) is 13.2. The summed E-state index contributed by atoms with van der Waals surface area (Å²) >= 11 is 0. The number of hydrogen-bond donors (Lipinski definition) is 1. The van der Waals surface area contributed by atoms with Gasteiger partial charge in [-0.1, -0.05) is 13.8 Å². The van der Waals surface area contributed by atoms with Crippen molar-refractivity contribution < 1.29 is 0 Å². The molecule has 0 bridgehead atoms. The predicted molar refractivity (Wildman–Crippen MR) is 79.7 cm³/mol. The zero-order valence-corrected chi connectivity index (χ0v) is 13.2. The Morgan fingerprint density at radius 1 is 1.24 bits per heavy atom. The van der Waals surface area contributed by atoms with Gasteiger partial charge in [-0.2, -0.15) is 15.0 Å². The highest BCUT2D eigenvalue weighted by atomic mass is 15.6. The van der Waals surface area contributed by atoms with Crippen molar-refractivity contribution in [1.82, 2.24) is 35.7 Å². The quantitative estimate of drug-likeness (QED) is 0.823. The molecule has 7 heteroatoms. The normalized spacial score (nSPS) is 12.6. The molecule has 114 valence electrons. The minimum atomic E-state index is 0.137. The van der Waals surface area contributed by atoms with Crippen molar-refractivity contribution in [1.29, 1.82) is 0 Å². The molecule has 0 radical (unpaired) electrons. The van der Waals surface area contributed by atoms with Gasteiger partial charge in [0.05, 0.1) is 18.4 Å². The molecule has 2 heterocycles. The van der Waals surface area contributed by atoms with E-state index in [4.69, 9.17) is 0 Å². The van der Waals surface area contributed by atoms with Gasteiger partial charge in [0.1, 0.15) is 0 Å². The Kier molecular flexibility index (Phi) is 5.32. The van der Waals surface area contributed by atoms with Gasteiger partial charge in [0.2, 0.25) is 0 Å². The molecular weight excluding hydrogens is 266 g/mol. The monoisotopic (exact) mass is 289 g/mol. The lowest BCUT2D eigenvalue weighted by molar-refractivity contribution is 0.509. The third kappa shape index (κ3) is 4.04. The van der Waals surface area contributed by atoms with E-state index in [0.717, 1.165) is 36.6 Å². The van der Waals surface area contributed by atoms with E-state index < -0.39 is 0 Å². The fraction of sp³-hybridized carbons (Fsp3) is 0.643. The molecule has 1 N–H and O–H groups in total. The highest BCUT2D eigenvalue weighted by Gasteiger charge is 2.19. The molecule has 0 aliphatic rings. The molecular formula is C14H23N7. The number of hydrogen-bond acceptors (Lipinski definition) is 6. The smallest absolute Gasteiger partial charge is 0.176 e. The first-order valence-electron chi connectivity index (χ1n) is 7.43. The van der Waals surface area contributed by atoms with E-state index in [1.54, 1.807) is 7.05 Å². The summed E-state index contributed by atoms with van der Waals surface area (Å²) in [6.07, 6.45) is 2.64. The Balaban J connectivity index is 2.28. The van der Waals surface area contributed by atoms with Crippen LogP contribution in [0.4, 0.5) is 0 Å². The molecule has 0 spiro atoms. The summed E-state index contributed by atoms with van der Waals surface area (Å²) in [6, 6.07) is 2.24. The molecule has 2 aromatic rings. The Morgan fingerprint density at radius 3 is 2.67 bits per heavy atom. The molecule has 1 atom stereocenters. The van der Waals surface area contributed by atoms with Gasteiger partial charge in [-0.15, -0.1) is 10.2 Å². The van der Waals surface area contributed by atoms with Crippen LogP contribution < -0.4 is 5.32 Å². The average molecular weight is 289 g/mol. The Hall–Kier alpha value is -1.89. The summed E-state index contributed by atoms with van der Waals surface area (Å²) in [7, 11) is 1.78. The summed E-state index contributed by atoms with van der Waals surface area (Å²) < 4.78 is 0. The third-order valence-electron chi connectivity index (χ3n) is 3.31. The van der Waals surface area contributed by atoms with E-state index in [1.807, 2.05) is 6.92 Å². The van der Waals surface area contributed by atoms with Crippen molar-refractivity contribution in [2.45, 2.75) is 46.1 Å². The minimum Gasteiger partial charge on any atom is -0.309 e. The van der Waals surface area contributed by atoms with Crippen LogP contribution in [-0.4, -0.2) is 36.9 Å². The summed E-state index contributed by atoms with van der Waals surface area (Å²) in [5, 5.41) is 24.3. The van der Waals surface area contributed by atoms with E-state index in [9.17, 15) is 0 Å². The van der Waals surface area contributed by atoms with Crippen molar-refractivity contribution in [3.05, 3.63) is 28.8 Å². The lowest BCUT2D eigenvalue weighted by Gasteiger charge is -2.19. The Morgan fingerprint density at radius 2 is 2.05 bits per heavy atom. The molecule has 0 aromatic carbocycles. The standard InChI is InChI=1S/C14H23N7/c1-5-7-15-13(9-14-18-20-21(4)19-14)11-8-10(3)16-17-12(11)6-2/h8,13,15H,5-7,9H2,1-4H3. The van der Waals surface area contributed by atoms with Crippen LogP contribution in [0.1, 0.15) is 49.1 Å². The van der Waals surface area contributed by atoms with Crippen LogP contribution in [0.15, 0.2) is 6.07 Å². The Labute approximate surface area is 125 Å². The highest BCUT2D eigenvalue weighted by Crippen LogP contribution is 2.20. The van der Waals surface area contributed by atoms with E-state index >= 15 is 0 Å². The number of aryl methyl sites for hydroxylation is 3. The van der Waals surface area contributed by atoms with Crippen molar-refractivity contribution in [2.24, 2.45) is 7.05 Å². The number of aromatic nitrogens is 6. The van der Waals surface area contributed by atoms with Gasteiger partial charge < -0.3 is 5.32 Å². The van der Waals surface area contributed by atoms with Gasteiger partial charge in [0.15, 0.2) is 5.82 Å². The van der Waals surface area contributed by atoms with Crippen LogP contribution in [0.25, 0.3) is 0 Å². The summed E-state index contributed by atoms with van der Waals surface area (Å²) in [5.41, 5.74) is 3.14. The molecule has 2 aromatic heterocycles. The van der Waals surface area contributed by atoms with Gasteiger partial charge >= 0.3 is 0 Å². The Bertz CT molecular complexity index is 578. The van der Waals surface area contributed by atoms with Crippen LogP contribution in [-0.2, 0) is 19.9 Å². The number of nitrogens with zero attached hydrogens (tertiary/aromatic N) is 6. The molecule has 1 unspecified atom stereocenters. The number of nitrogens with one attached hydrogen (secondary N) is 1. The maximum Gasteiger partial charge on any atom is 0.176 e. The van der Waals surface area contributed by atoms with E-state index in [-0.39, 0.29) is 6.04 Å². The fourth-order valence-corrected chi connectivity index (χ4v) is 2.31. The van der Waals surface area contributed by atoms with Crippen LogP contribution >= 0.6 is 0 Å². The van der Waals surface area contributed by atoms with Gasteiger partial charge in [-0.25, -0.2) is 0 Å². The second kappa shape index (κ2) is 7.21. The fourth-order valence-electron chi connectivity index (χ4n) is 2.31.